The minimum Gasteiger partial charge on any atom is -0.280 e. The summed E-state index contributed by atoms with van der Waals surface area (Å²) in [5.41, 5.74) is 2.00. The van der Waals surface area contributed by atoms with E-state index in [4.69, 9.17) is 0 Å². The number of carbonyl (C=O) groups is 1. The van der Waals surface area contributed by atoms with Crippen LogP contribution in [0.1, 0.15) is 24.0 Å². The minimum atomic E-state index is -1.08. The fourth-order valence-corrected chi connectivity index (χ4v) is 4.79. The predicted molar refractivity (Wildman–Crippen MR) is 116 cm³/mol. The van der Waals surface area contributed by atoms with Crippen molar-refractivity contribution < 1.29 is 9.72 Å². The largest absolute Gasteiger partial charge is 0.280 e. The Morgan fingerprint density at radius 2 is 1.62 bits per heavy atom. The Bertz CT molecular complexity index is 1090. The lowest BCUT2D eigenvalue weighted by Gasteiger charge is -2.32. The van der Waals surface area contributed by atoms with Gasteiger partial charge in [-0.25, -0.2) is 0 Å². The minimum absolute atomic E-state index is 0.160. The van der Waals surface area contributed by atoms with Crippen LogP contribution in [0.4, 0.5) is 11.4 Å². The fraction of sp³-hybridized carbons (Fsp3) is 0.174. The summed E-state index contributed by atoms with van der Waals surface area (Å²) < 4.78 is 0.761. The van der Waals surface area contributed by atoms with Crippen molar-refractivity contribution in [3.05, 3.63) is 105 Å². The first-order chi connectivity index (χ1) is 13.9. The summed E-state index contributed by atoms with van der Waals surface area (Å²) in [7, 11) is 0. The van der Waals surface area contributed by atoms with Crippen LogP contribution in [-0.2, 0) is 10.2 Å². The summed E-state index contributed by atoms with van der Waals surface area (Å²) in [6.07, 6.45) is 0. The van der Waals surface area contributed by atoms with Crippen molar-refractivity contribution in [2.45, 2.75) is 18.3 Å². The van der Waals surface area contributed by atoms with E-state index in [2.05, 4.69) is 15.9 Å². The topological polar surface area (TPSA) is 63.5 Å². The number of fused-ring (bicyclic) bond motifs is 1. The van der Waals surface area contributed by atoms with Crippen molar-refractivity contribution in [1.29, 1.82) is 0 Å². The van der Waals surface area contributed by atoms with Gasteiger partial charge in [0.15, 0.2) is 0 Å². The average molecular weight is 451 g/mol. The van der Waals surface area contributed by atoms with Crippen LogP contribution in [-0.4, -0.2) is 17.4 Å². The molecule has 146 valence electrons. The molecular weight excluding hydrogens is 432 g/mol. The lowest BCUT2D eigenvalue weighted by Crippen LogP contribution is -2.43. The van der Waals surface area contributed by atoms with Gasteiger partial charge in [-0.15, -0.1) is 0 Å². The van der Waals surface area contributed by atoms with Crippen LogP contribution >= 0.6 is 15.9 Å². The zero-order valence-corrected chi connectivity index (χ0v) is 17.4. The van der Waals surface area contributed by atoms with Crippen LogP contribution in [0.3, 0.4) is 0 Å². The third-order valence-corrected chi connectivity index (χ3v) is 6.40. The Labute approximate surface area is 177 Å². The number of amides is 1. The SMILES string of the molecule is CC1(C(C[N+](=O)[O-])c2ccccc2Br)C(=O)N(c2ccccc2)c2ccccc21. The molecule has 1 aliphatic heterocycles. The summed E-state index contributed by atoms with van der Waals surface area (Å²) in [5, 5.41) is 11.6. The van der Waals surface area contributed by atoms with Gasteiger partial charge in [-0.1, -0.05) is 70.5 Å². The van der Waals surface area contributed by atoms with E-state index >= 15 is 0 Å². The fourth-order valence-electron chi connectivity index (χ4n) is 4.23. The van der Waals surface area contributed by atoms with Gasteiger partial charge in [-0.3, -0.25) is 19.8 Å². The van der Waals surface area contributed by atoms with Crippen molar-refractivity contribution in [3.63, 3.8) is 0 Å². The second-order valence-electron chi connectivity index (χ2n) is 7.29. The highest BCUT2D eigenvalue weighted by Crippen LogP contribution is 2.52. The van der Waals surface area contributed by atoms with Gasteiger partial charge < -0.3 is 0 Å². The molecule has 1 aliphatic rings. The Morgan fingerprint density at radius 1 is 1.00 bits per heavy atom. The van der Waals surface area contributed by atoms with E-state index in [0.29, 0.717) is 0 Å². The molecule has 4 rings (SSSR count). The molecule has 29 heavy (non-hydrogen) atoms. The summed E-state index contributed by atoms with van der Waals surface area (Å²) in [4.78, 5) is 26.9. The van der Waals surface area contributed by atoms with Gasteiger partial charge in [0.2, 0.25) is 12.5 Å². The molecule has 0 fully saturated rings. The first-order valence-electron chi connectivity index (χ1n) is 9.30. The molecule has 2 atom stereocenters. The normalized spacial score (nSPS) is 19.1. The molecule has 0 aromatic heterocycles. The molecular formula is C23H19BrN2O3. The van der Waals surface area contributed by atoms with Gasteiger partial charge in [-0.05, 0) is 42.3 Å². The van der Waals surface area contributed by atoms with Crippen LogP contribution in [0.2, 0.25) is 0 Å². The van der Waals surface area contributed by atoms with Crippen molar-refractivity contribution in [3.8, 4) is 0 Å². The Hall–Kier alpha value is -2.99. The Kier molecular flexibility index (Phi) is 4.96. The van der Waals surface area contributed by atoms with Gasteiger partial charge in [0, 0.05) is 15.1 Å². The number of anilines is 2. The first kappa shape index (κ1) is 19.3. The zero-order chi connectivity index (χ0) is 20.6. The van der Waals surface area contributed by atoms with E-state index in [0.717, 1.165) is 27.0 Å². The molecule has 0 radical (unpaired) electrons. The van der Waals surface area contributed by atoms with Crippen LogP contribution in [0, 0.1) is 10.1 Å². The molecule has 6 heteroatoms. The first-order valence-corrected chi connectivity index (χ1v) is 10.1. The average Bonchev–Trinajstić information content (AvgIpc) is 2.95. The molecule has 0 spiro atoms. The lowest BCUT2D eigenvalue weighted by molar-refractivity contribution is -0.484. The number of nitrogens with zero attached hydrogens (tertiary/aromatic N) is 2. The smallest absolute Gasteiger partial charge is 0.242 e. The van der Waals surface area contributed by atoms with Crippen LogP contribution < -0.4 is 4.90 Å². The monoisotopic (exact) mass is 450 g/mol. The van der Waals surface area contributed by atoms with Gasteiger partial charge >= 0.3 is 0 Å². The Morgan fingerprint density at radius 3 is 2.31 bits per heavy atom. The van der Waals surface area contributed by atoms with E-state index < -0.39 is 11.3 Å². The van der Waals surface area contributed by atoms with Gasteiger partial charge in [0.05, 0.1) is 17.0 Å². The summed E-state index contributed by atoms with van der Waals surface area (Å²) in [6, 6.07) is 24.4. The maximum Gasteiger partial charge on any atom is 0.242 e. The summed E-state index contributed by atoms with van der Waals surface area (Å²) in [6.45, 7) is 1.48. The molecule has 3 aromatic carbocycles. The maximum atomic E-state index is 13.9. The number of rotatable bonds is 5. The number of nitro groups is 1. The summed E-state index contributed by atoms with van der Waals surface area (Å²) >= 11 is 3.53. The molecule has 0 saturated carbocycles. The molecule has 2 unspecified atom stereocenters. The molecule has 0 saturated heterocycles. The van der Waals surface area contributed by atoms with E-state index in [9.17, 15) is 14.9 Å². The highest BCUT2D eigenvalue weighted by atomic mass is 79.9. The molecule has 0 bridgehead atoms. The quantitative estimate of drug-likeness (QED) is 0.383. The van der Waals surface area contributed by atoms with Crippen LogP contribution in [0.15, 0.2) is 83.3 Å². The summed E-state index contributed by atoms with van der Waals surface area (Å²) in [5.74, 6) is -0.789. The number of carbonyl (C=O) groups excluding carboxylic acids is 1. The number of hydrogen-bond donors (Lipinski definition) is 0. The van der Waals surface area contributed by atoms with Crippen molar-refractivity contribution in [2.75, 3.05) is 11.4 Å². The van der Waals surface area contributed by atoms with Crippen LogP contribution in [0.5, 0.6) is 0 Å². The van der Waals surface area contributed by atoms with Gasteiger partial charge in [-0.2, -0.15) is 0 Å². The number of para-hydroxylation sites is 2. The van der Waals surface area contributed by atoms with Crippen molar-refractivity contribution >= 4 is 33.2 Å². The standard InChI is InChI=1S/C23H19BrN2O3/c1-23(19(15-25(28)29)17-11-5-7-13-20(17)24)18-12-6-8-14-21(18)26(22(23)27)16-9-3-2-4-10-16/h2-14,19H,15H2,1H3. The number of benzene rings is 3. The molecule has 5 nitrogen and oxygen atoms in total. The van der Waals surface area contributed by atoms with E-state index in [1.54, 1.807) is 4.90 Å². The molecule has 0 N–H and O–H groups in total. The number of hydrogen-bond acceptors (Lipinski definition) is 3. The molecule has 3 aromatic rings. The van der Waals surface area contributed by atoms with E-state index in [1.807, 2.05) is 85.8 Å². The molecule has 1 amide bonds. The Balaban J connectivity index is 1.94. The van der Waals surface area contributed by atoms with Gasteiger partial charge in [0.25, 0.3) is 0 Å². The highest BCUT2D eigenvalue weighted by molar-refractivity contribution is 9.10. The molecule has 1 heterocycles. The lowest BCUT2D eigenvalue weighted by atomic mass is 9.69. The van der Waals surface area contributed by atoms with Crippen molar-refractivity contribution in [2.24, 2.45) is 0 Å². The van der Waals surface area contributed by atoms with Gasteiger partial charge in [0.1, 0.15) is 0 Å². The second kappa shape index (κ2) is 7.44. The molecule has 0 aliphatic carbocycles. The maximum absolute atomic E-state index is 13.9. The van der Waals surface area contributed by atoms with Crippen LogP contribution in [0.25, 0.3) is 0 Å². The third kappa shape index (κ3) is 3.13. The zero-order valence-electron chi connectivity index (χ0n) is 15.8. The third-order valence-electron chi connectivity index (χ3n) is 5.68. The highest BCUT2D eigenvalue weighted by Gasteiger charge is 2.55. The van der Waals surface area contributed by atoms with Crippen molar-refractivity contribution in [1.82, 2.24) is 0 Å². The number of halogens is 1. The van der Waals surface area contributed by atoms with E-state index in [-0.39, 0.29) is 17.4 Å². The second-order valence-corrected chi connectivity index (χ2v) is 8.14. The predicted octanol–water partition coefficient (Wildman–Crippen LogP) is 5.45. The van der Waals surface area contributed by atoms with E-state index in [1.165, 1.54) is 0 Å².